The van der Waals surface area contributed by atoms with Crippen molar-refractivity contribution in [2.75, 3.05) is 11.1 Å². The van der Waals surface area contributed by atoms with Crippen LogP contribution in [0, 0.1) is 0 Å². The van der Waals surface area contributed by atoms with Crippen molar-refractivity contribution in [2.45, 2.75) is 75.2 Å². The lowest BCUT2D eigenvalue weighted by Gasteiger charge is -2.36. The maximum Gasteiger partial charge on any atom is 0.303 e. The molecule has 3 aromatic carbocycles. The van der Waals surface area contributed by atoms with Crippen molar-refractivity contribution in [2.24, 2.45) is 0 Å². The molecule has 0 bridgehead atoms. The lowest BCUT2D eigenvalue weighted by Crippen LogP contribution is -2.31. The average Bonchev–Trinajstić information content (AvgIpc) is 3.54. The number of carboxylic acid groups (broad SMARTS) is 1. The number of benzene rings is 3. The number of tetrazole rings is 1. The van der Waals surface area contributed by atoms with Gasteiger partial charge in [0.2, 0.25) is 11.1 Å². The summed E-state index contributed by atoms with van der Waals surface area (Å²) >= 11 is 1.45. The number of aliphatic hydroxyl groups is 1. The minimum Gasteiger partial charge on any atom is -0.508 e. The minimum absolute atomic E-state index is 0.0458. The number of hydrogen-bond acceptors (Lipinski definition) is 10. The summed E-state index contributed by atoms with van der Waals surface area (Å²) in [6.45, 7) is -0.0458. The van der Waals surface area contributed by atoms with Gasteiger partial charge in [-0.1, -0.05) is 61.0 Å². The lowest BCUT2D eigenvalue weighted by molar-refractivity contribution is -0.245. The predicted octanol–water partition coefficient (Wildman–Crippen LogP) is 5.56. The highest BCUT2D eigenvalue weighted by Crippen LogP contribution is 2.40. The second-order valence-electron chi connectivity index (χ2n) is 11.0. The average molecular weight is 648 g/mol. The molecule has 1 saturated heterocycles. The molecule has 5 rings (SSSR count). The number of nitrogens with zero attached hydrogens (tertiary/aromatic N) is 4. The Balaban J connectivity index is 1.26. The normalized spacial score (nSPS) is 17.9. The van der Waals surface area contributed by atoms with Gasteiger partial charge in [0.15, 0.2) is 6.29 Å². The number of carbonyl (C=O) groups is 2. The molecular formula is C33H37N5O7S. The summed E-state index contributed by atoms with van der Waals surface area (Å²) in [5.41, 5.74) is 3.88. The predicted molar refractivity (Wildman–Crippen MR) is 170 cm³/mol. The summed E-state index contributed by atoms with van der Waals surface area (Å²) in [6, 6.07) is 21.7. The highest BCUT2D eigenvalue weighted by molar-refractivity contribution is 7.99. The SMILES string of the molecule is O=C(O)CCCCCCC(=O)Nc1cccc(C2OC(CSc3nnnn3-c3ccc(O)cc3)CC(c3ccc(CO)cc3)O2)c1. The summed E-state index contributed by atoms with van der Waals surface area (Å²) in [5, 5.41) is 43.6. The summed E-state index contributed by atoms with van der Waals surface area (Å²) in [6.07, 6.45) is 2.72. The Morgan fingerprint density at radius 1 is 0.935 bits per heavy atom. The van der Waals surface area contributed by atoms with Crippen LogP contribution >= 0.6 is 11.8 Å². The monoisotopic (exact) mass is 647 g/mol. The van der Waals surface area contributed by atoms with E-state index in [4.69, 9.17) is 14.6 Å². The molecule has 1 aliphatic rings. The van der Waals surface area contributed by atoms with Gasteiger partial charge in [-0.25, -0.2) is 0 Å². The Morgan fingerprint density at radius 2 is 1.70 bits per heavy atom. The van der Waals surface area contributed by atoms with E-state index in [0.717, 1.165) is 35.2 Å². The topological polar surface area (TPSA) is 169 Å². The van der Waals surface area contributed by atoms with E-state index >= 15 is 0 Å². The fourth-order valence-electron chi connectivity index (χ4n) is 5.12. The number of aromatic nitrogens is 4. The number of thioether (sulfide) groups is 1. The summed E-state index contributed by atoms with van der Waals surface area (Å²) in [5.74, 6) is -0.221. The maximum absolute atomic E-state index is 12.6. The summed E-state index contributed by atoms with van der Waals surface area (Å²) in [7, 11) is 0. The first-order valence-corrected chi connectivity index (χ1v) is 16.2. The molecule has 0 saturated carbocycles. The van der Waals surface area contributed by atoms with E-state index in [9.17, 15) is 19.8 Å². The number of ether oxygens (including phenoxy) is 2. The quantitative estimate of drug-likeness (QED) is 0.0941. The largest absolute Gasteiger partial charge is 0.508 e. The van der Waals surface area contributed by atoms with Crippen molar-refractivity contribution in [3.8, 4) is 11.4 Å². The van der Waals surface area contributed by atoms with Crippen LogP contribution in [0.15, 0.2) is 78.0 Å². The fraction of sp³-hybridized carbons (Fsp3) is 0.364. The van der Waals surface area contributed by atoms with Crippen LogP contribution in [0.4, 0.5) is 5.69 Å². The number of anilines is 1. The molecule has 1 amide bonds. The van der Waals surface area contributed by atoms with E-state index < -0.39 is 12.3 Å². The van der Waals surface area contributed by atoms with E-state index in [1.54, 1.807) is 28.9 Å². The first-order chi connectivity index (χ1) is 22.4. The van der Waals surface area contributed by atoms with Crippen LogP contribution in [0.5, 0.6) is 5.75 Å². The molecule has 13 heteroatoms. The molecular weight excluding hydrogens is 610 g/mol. The van der Waals surface area contributed by atoms with Gasteiger partial charge >= 0.3 is 5.97 Å². The molecule has 4 aromatic rings. The molecule has 0 radical (unpaired) electrons. The van der Waals surface area contributed by atoms with Gasteiger partial charge in [0, 0.05) is 36.3 Å². The van der Waals surface area contributed by atoms with Crippen LogP contribution < -0.4 is 5.32 Å². The molecule has 0 spiro atoms. The van der Waals surface area contributed by atoms with Gasteiger partial charge in [-0.3, -0.25) is 9.59 Å². The summed E-state index contributed by atoms with van der Waals surface area (Å²) in [4.78, 5) is 23.3. The standard InChI is InChI=1S/C33H37N5O7S/c39-20-22-10-12-23(13-11-22)29-19-28(21-46-33-35-36-37-38(33)26-14-16-27(40)17-15-26)44-32(45-29)24-6-5-7-25(18-24)34-30(41)8-3-1-2-4-9-31(42)43/h5-7,10-18,28-29,32,39-40H,1-4,8-9,19-21H2,(H,34,41)(H,42,43). The molecule has 1 fully saturated rings. The first kappa shape index (κ1) is 33.1. The number of aliphatic carboxylic acids is 1. The number of carboxylic acids is 1. The van der Waals surface area contributed by atoms with Gasteiger partial charge in [0.25, 0.3) is 0 Å². The molecule has 1 aromatic heterocycles. The van der Waals surface area contributed by atoms with Crippen LogP contribution in [-0.4, -0.2) is 59.3 Å². The van der Waals surface area contributed by atoms with Crippen LogP contribution in [0.3, 0.4) is 0 Å². The molecule has 12 nitrogen and oxygen atoms in total. The van der Waals surface area contributed by atoms with Gasteiger partial charge in [-0.15, -0.1) is 5.10 Å². The number of amides is 1. The second-order valence-corrected chi connectivity index (χ2v) is 12.0. The second kappa shape index (κ2) is 16.3. The highest BCUT2D eigenvalue weighted by Gasteiger charge is 2.33. The maximum atomic E-state index is 12.6. The van der Waals surface area contributed by atoms with Crippen molar-refractivity contribution in [3.63, 3.8) is 0 Å². The Bertz CT molecular complexity index is 1580. The number of hydrogen-bond donors (Lipinski definition) is 4. The molecule has 3 atom stereocenters. The van der Waals surface area contributed by atoms with E-state index in [1.807, 2.05) is 48.5 Å². The number of nitrogens with one attached hydrogen (secondary N) is 1. The summed E-state index contributed by atoms with van der Waals surface area (Å²) < 4.78 is 14.5. The third-order valence-corrected chi connectivity index (χ3v) is 8.59. The number of carbonyl (C=O) groups excluding carboxylic acids is 1. The molecule has 46 heavy (non-hydrogen) atoms. The third-order valence-electron chi connectivity index (χ3n) is 7.54. The van der Waals surface area contributed by atoms with Gasteiger partial charge < -0.3 is 30.1 Å². The number of unbranched alkanes of at least 4 members (excludes halogenated alkanes) is 3. The van der Waals surface area contributed by atoms with Crippen molar-refractivity contribution in [1.82, 2.24) is 20.2 Å². The van der Waals surface area contributed by atoms with Gasteiger partial charge in [-0.05, 0) is 70.8 Å². The van der Waals surface area contributed by atoms with Crippen LogP contribution in [0.2, 0.25) is 0 Å². The zero-order chi connectivity index (χ0) is 32.3. The fourth-order valence-corrected chi connectivity index (χ4v) is 6.02. The van der Waals surface area contributed by atoms with E-state index in [1.165, 1.54) is 11.8 Å². The number of phenols is 1. The Morgan fingerprint density at radius 3 is 2.43 bits per heavy atom. The van der Waals surface area contributed by atoms with Crippen LogP contribution in [0.1, 0.15) is 74.0 Å². The molecule has 2 heterocycles. The molecule has 1 aliphatic heterocycles. The van der Waals surface area contributed by atoms with E-state index in [2.05, 4.69) is 20.8 Å². The first-order valence-electron chi connectivity index (χ1n) is 15.2. The lowest BCUT2D eigenvalue weighted by atomic mass is 10.0. The Hall–Kier alpha value is -4.30. The minimum atomic E-state index is -0.799. The highest BCUT2D eigenvalue weighted by atomic mass is 32.2. The molecule has 3 unspecified atom stereocenters. The van der Waals surface area contributed by atoms with E-state index in [-0.39, 0.29) is 36.9 Å². The smallest absolute Gasteiger partial charge is 0.303 e. The Kier molecular flexibility index (Phi) is 11.7. The van der Waals surface area contributed by atoms with Crippen molar-refractivity contribution >= 4 is 29.3 Å². The molecule has 4 N–H and O–H groups in total. The molecule has 0 aliphatic carbocycles. The van der Waals surface area contributed by atoms with Gasteiger partial charge in [0.1, 0.15) is 5.75 Å². The van der Waals surface area contributed by atoms with Gasteiger partial charge in [-0.2, -0.15) is 4.68 Å². The zero-order valence-corrected chi connectivity index (χ0v) is 26.0. The van der Waals surface area contributed by atoms with Crippen molar-refractivity contribution in [1.29, 1.82) is 0 Å². The number of aromatic hydroxyl groups is 1. The van der Waals surface area contributed by atoms with Crippen LogP contribution in [-0.2, 0) is 25.7 Å². The van der Waals surface area contributed by atoms with Gasteiger partial charge in [0.05, 0.1) is 24.5 Å². The van der Waals surface area contributed by atoms with Crippen molar-refractivity contribution < 1.29 is 34.4 Å². The van der Waals surface area contributed by atoms with Crippen LogP contribution in [0.25, 0.3) is 5.69 Å². The van der Waals surface area contributed by atoms with E-state index in [0.29, 0.717) is 42.3 Å². The molecule has 242 valence electrons. The zero-order valence-electron chi connectivity index (χ0n) is 25.2. The number of aliphatic hydroxyl groups excluding tert-OH is 1. The van der Waals surface area contributed by atoms with Crippen molar-refractivity contribution in [3.05, 3.63) is 89.5 Å². The number of rotatable bonds is 15. The number of phenolic OH excluding ortho intramolecular Hbond substituents is 1. The Labute approximate surface area is 270 Å². The third kappa shape index (κ3) is 9.36.